The highest BCUT2D eigenvalue weighted by atomic mass is 35.5. The van der Waals surface area contributed by atoms with E-state index < -0.39 is 0 Å². The highest BCUT2D eigenvalue weighted by Crippen LogP contribution is 2.44. The third kappa shape index (κ3) is 3.04. The van der Waals surface area contributed by atoms with Crippen molar-refractivity contribution >= 4 is 11.6 Å². The van der Waals surface area contributed by atoms with Crippen LogP contribution in [0.25, 0.3) is 0 Å². The molecule has 0 radical (unpaired) electrons. The zero-order chi connectivity index (χ0) is 16.4. The first-order chi connectivity index (χ1) is 11.2. The fourth-order valence-electron chi connectivity index (χ4n) is 3.35. The van der Waals surface area contributed by atoms with E-state index in [0.29, 0.717) is 16.5 Å². The first kappa shape index (κ1) is 16.2. The van der Waals surface area contributed by atoms with Crippen LogP contribution >= 0.6 is 11.6 Å². The van der Waals surface area contributed by atoms with E-state index in [1.54, 1.807) is 14.2 Å². The second-order valence-corrected chi connectivity index (χ2v) is 6.35. The van der Waals surface area contributed by atoms with Crippen molar-refractivity contribution in [3.63, 3.8) is 0 Å². The lowest BCUT2D eigenvalue weighted by Gasteiger charge is -2.23. The minimum Gasteiger partial charge on any atom is -0.493 e. The summed E-state index contributed by atoms with van der Waals surface area (Å²) in [4.78, 5) is 2.35. The van der Waals surface area contributed by atoms with Gasteiger partial charge in [0.15, 0.2) is 11.5 Å². The zero-order valence-electron chi connectivity index (χ0n) is 13.8. The van der Waals surface area contributed by atoms with Gasteiger partial charge in [0.1, 0.15) is 0 Å². The number of halogens is 1. The maximum absolute atomic E-state index is 6.66. The van der Waals surface area contributed by atoms with Crippen LogP contribution in [0.5, 0.6) is 11.5 Å². The van der Waals surface area contributed by atoms with E-state index in [0.717, 1.165) is 19.5 Å². The molecule has 1 aliphatic heterocycles. The van der Waals surface area contributed by atoms with Gasteiger partial charge in [-0.05, 0) is 36.2 Å². The lowest BCUT2D eigenvalue weighted by atomic mass is 9.87. The summed E-state index contributed by atoms with van der Waals surface area (Å²) in [7, 11) is 5.44. The second-order valence-electron chi connectivity index (χ2n) is 5.97. The monoisotopic (exact) mass is 331 g/mol. The largest absolute Gasteiger partial charge is 0.493 e. The average Bonchev–Trinajstić information content (AvgIpc) is 2.75. The van der Waals surface area contributed by atoms with E-state index in [1.165, 1.54) is 16.7 Å². The van der Waals surface area contributed by atoms with Gasteiger partial charge >= 0.3 is 0 Å². The molecule has 0 amide bonds. The lowest BCUT2D eigenvalue weighted by molar-refractivity contribution is 0.338. The third-order valence-electron chi connectivity index (χ3n) is 4.56. The summed E-state index contributed by atoms with van der Waals surface area (Å²) in [6, 6.07) is 12.7. The summed E-state index contributed by atoms with van der Waals surface area (Å²) in [5, 5.41) is 0.679. The van der Waals surface area contributed by atoms with Crippen LogP contribution < -0.4 is 9.47 Å². The number of likely N-dealkylation sites (N-methyl/N-ethyl adjacent to an activating group) is 1. The van der Waals surface area contributed by atoms with Crippen LogP contribution in [0, 0.1) is 0 Å². The van der Waals surface area contributed by atoms with Gasteiger partial charge in [0.25, 0.3) is 0 Å². The molecule has 0 unspecified atom stereocenters. The molecule has 1 heterocycles. The molecule has 4 heteroatoms. The van der Waals surface area contributed by atoms with Crippen LogP contribution in [0.4, 0.5) is 0 Å². The number of fused-ring (bicyclic) bond motifs is 1. The minimum atomic E-state index is 0.274. The summed E-state index contributed by atoms with van der Waals surface area (Å²) < 4.78 is 11.0. The van der Waals surface area contributed by atoms with Gasteiger partial charge in [-0.2, -0.15) is 0 Å². The Morgan fingerprint density at radius 1 is 1.13 bits per heavy atom. The summed E-state index contributed by atoms with van der Waals surface area (Å²) in [5.41, 5.74) is 3.71. The van der Waals surface area contributed by atoms with E-state index >= 15 is 0 Å². The molecule has 3 nitrogen and oxygen atoms in total. The Morgan fingerprint density at radius 3 is 2.52 bits per heavy atom. The van der Waals surface area contributed by atoms with Gasteiger partial charge in [-0.25, -0.2) is 0 Å². The molecule has 2 aromatic rings. The Kier molecular flexibility index (Phi) is 4.79. The molecule has 0 saturated carbocycles. The summed E-state index contributed by atoms with van der Waals surface area (Å²) in [6.07, 6.45) is 0.911. The second kappa shape index (κ2) is 6.81. The van der Waals surface area contributed by atoms with Gasteiger partial charge < -0.3 is 14.4 Å². The number of nitrogens with zero attached hydrogens (tertiary/aromatic N) is 1. The van der Waals surface area contributed by atoms with Gasteiger partial charge in [0.2, 0.25) is 0 Å². The highest BCUT2D eigenvalue weighted by molar-refractivity contribution is 6.33. The molecule has 0 bridgehead atoms. The first-order valence-corrected chi connectivity index (χ1v) is 8.20. The SMILES string of the molecule is COc1cc2c(c(Cl)c1OC)CCN(C)C[C@@H]2c1ccccc1. The summed E-state index contributed by atoms with van der Waals surface area (Å²) in [5.74, 6) is 1.60. The van der Waals surface area contributed by atoms with Crippen LogP contribution in [-0.4, -0.2) is 39.3 Å². The summed E-state index contributed by atoms with van der Waals surface area (Å²) in [6.45, 7) is 1.94. The third-order valence-corrected chi connectivity index (χ3v) is 4.96. The Bertz CT molecular complexity index is 688. The fraction of sp³-hybridized carbons (Fsp3) is 0.368. The number of ether oxygens (including phenoxy) is 2. The van der Waals surface area contributed by atoms with Crippen LogP contribution in [0.3, 0.4) is 0 Å². The molecule has 1 atom stereocenters. The van der Waals surface area contributed by atoms with Crippen molar-refractivity contribution in [1.82, 2.24) is 4.90 Å². The Morgan fingerprint density at radius 2 is 1.87 bits per heavy atom. The number of methoxy groups -OCH3 is 2. The van der Waals surface area contributed by atoms with E-state index in [1.807, 2.05) is 6.07 Å². The van der Waals surface area contributed by atoms with Crippen molar-refractivity contribution in [2.24, 2.45) is 0 Å². The van der Waals surface area contributed by atoms with Gasteiger partial charge in [-0.3, -0.25) is 0 Å². The number of rotatable bonds is 3. The van der Waals surface area contributed by atoms with Gasteiger partial charge in [-0.15, -0.1) is 0 Å². The number of benzene rings is 2. The molecular formula is C19H22ClNO2. The van der Waals surface area contributed by atoms with E-state index in [-0.39, 0.29) is 5.92 Å². The smallest absolute Gasteiger partial charge is 0.179 e. The molecule has 0 fully saturated rings. The Labute approximate surface area is 142 Å². The molecule has 0 aromatic heterocycles. The van der Waals surface area contributed by atoms with Gasteiger partial charge in [-0.1, -0.05) is 41.9 Å². The lowest BCUT2D eigenvalue weighted by Crippen LogP contribution is -2.24. The highest BCUT2D eigenvalue weighted by Gasteiger charge is 2.28. The van der Waals surface area contributed by atoms with E-state index in [2.05, 4.69) is 42.3 Å². The van der Waals surface area contributed by atoms with Crippen LogP contribution in [-0.2, 0) is 6.42 Å². The standard InChI is InChI=1S/C19H22ClNO2/c1-21-10-9-14-15(11-17(22-2)19(23-3)18(14)20)16(12-21)13-7-5-4-6-8-13/h4-8,11,16H,9-10,12H2,1-3H3/t16-/m1/s1. The molecule has 23 heavy (non-hydrogen) atoms. The number of hydrogen-bond acceptors (Lipinski definition) is 3. The molecule has 2 aromatic carbocycles. The van der Waals surface area contributed by atoms with Gasteiger partial charge in [0, 0.05) is 19.0 Å². The first-order valence-electron chi connectivity index (χ1n) is 7.82. The minimum absolute atomic E-state index is 0.274. The fourth-order valence-corrected chi connectivity index (χ4v) is 3.72. The Balaban J connectivity index is 2.19. The van der Waals surface area contributed by atoms with Crippen LogP contribution in [0.2, 0.25) is 5.02 Å². The number of hydrogen-bond donors (Lipinski definition) is 0. The van der Waals surface area contributed by atoms with Crippen molar-refractivity contribution in [3.05, 3.63) is 58.1 Å². The van der Waals surface area contributed by atoms with Crippen LogP contribution in [0.15, 0.2) is 36.4 Å². The van der Waals surface area contributed by atoms with Crippen molar-refractivity contribution in [2.45, 2.75) is 12.3 Å². The quantitative estimate of drug-likeness (QED) is 0.849. The predicted octanol–water partition coefficient (Wildman–Crippen LogP) is 3.98. The van der Waals surface area contributed by atoms with E-state index in [9.17, 15) is 0 Å². The molecule has 0 saturated heterocycles. The normalized spacial score (nSPS) is 18.2. The zero-order valence-corrected chi connectivity index (χ0v) is 14.6. The van der Waals surface area contributed by atoms with Gasteiger partial charge in [0.05, 0.1) is 19.2 Å². The molecule has 0 spiro atoms. The molecule has 1 aliphatic rings. The average molecular weight is 332 g/mol. The maximum atomic E-state index is 6.66. The topological polar surface area (TPSA) is 21.7 Å². The summed E-state index contributed by atoms with van der Waals surface area (Å²) >= 11 is 6.66. The molecule has 0 aliphatic carbocycles. The molecule has 0 N–H and O–H groups in total. The maximum Gasteiger partial charge on any atom is 0.179 e. The predicted molar refractivity (Wildman–Crippen MR) is 94.0 cm³/mol. The molecule has 122 valence electrons. The van der Waals surface area contributed by atoms with Crippen molar-refractivity contribution in [3.8, 4) is 11.5 Å². The molecule has 3 rings (SSSR count). The Hall–Kier alpha value is -1.71. The van der Waals surface area contributed by atoms with E-state index in [4.69, 9.17) is 21.1 Å². The van der Waals surface area contributed by atoms with Crippen molar-refractivity contribution < 1.29 is 9.47 Å². The van der Waals surface area contributed by atoms with Crippen molar-refractivity contribution in [2.75, 3.05) is 34.4 Å². The van der Waals surface area contributed by atoms with Crippen molar-refractivity contribution in [1.29, 1.82) is 0 Å². The molecular weight excluding hydrogens is 310 g/mol. The van der Waals surface area contributed by atoms with Crippen LogP contribution in [0.1, 0.15) is 22.6 Å².